The van der Waals surface area contributed by atoms with Crippen LogP contribution in [0.3, 0.4) is 0 Å². The van der Waals surface area contributed by atoms with Gasteiger partial charge in [-0.3, -0.25) is 9.80 Å². The van der Waals surface area contributed by atoms with Gasteiger partial charge in [0.15, 0.2) is 0 Å². The van der Waals surface area contributed by atoms with Crippen LogP contribution >= 0.6 is 0 Å². The van der Waals surface area contributed by atoms with Gasteiger partial charge in [-0.05, 0) is 35.7 Å². The summed E-state index contributed by atoms with van der Waals surface area (Å²) in [5.74, 6) is 0. The topological polar surface area (TPSA) is 44.5 Å². The number of aliphatic hydroxyl groups is 1. The molecule has 1 atom stereocenters. The van der Waals surface area contributed by atoms with Gasteiger partial charge in [-0.15, -0.1) is 0 Å². The number of benzene rings is 2. The van der Waals surface area contributed by atoms with E-state index in [9.17, 15) is 5.11 Å². The van der Waals surface area contributed by atoms with Crippen LogP contribution in [-0.4, -0.2) is 57.0 Å². The first-order valence-electron chi connectivity index (χ1n) is 10.0. The summed E-state index contributed by atoms with van der Waals surface area (Å²) in [7, 11) is 0. The lowest BCUT2D eigenvalue weighted by molar-refractivity contribution is 0.0500. The third-order valence-corrected chi connectivity index (χ3v) is 5.49. The molecule has 5 nitrogen and oxygen atoms in total. The minimum absolute atomic E-state index is 0.238. The number of hydrogen-bond acceptors (Lipinski definition) is 4. The molecule has 1 N–H and O–H groups in total. The Kier molecular flexibility index (Phi) is 6.17. The van der Waals surface area contributed by atoms with Crippen LogP contribution < -0.4 is 0 Å². The molecular weight excluding hydrogens is 348 g/mol. The van der Waals surface area contributed by atoms with E-state index in [1.54, 1.807) is 6.20 Å². The summed E-state index contributed by atoms with van der Waals surface area (Å²) in [5, 5.41) is 13.8. The van der Waals surface area contributed by atoms with Crippen molar-refractivity contribution >= 4 is 0 Å². The monoisotopic (exact) mass is 376 g/mol. The number of hydrogen-bond donors (Lipinski definition) is 1. The summed E-state index contributed by atoms with van der Waals surface area (Å²) in [4.78, 5) is 5.02. The van der Waals surface area contributed by atoms with Gasteiger partial charge in [-0.1, -0.05) is 42.5 Å². The van der Waals surface area contributed by atoms with E-state index in [4.69, 9.17) is 0 Å². The van der Waals surface area contributed by atoms with E-state index >= 15 is 0 Å². The Hall–Kier alpha value is -2.47. The van der Waals surface area contributed by atoms with Crippen molar-refractivity contribution in [3.63, 3.8) is 0 Å². The van der Waals surface area contributed by atoms with E-state index in [0.29, 0.717) is 6.04 Å². The molecule has 0 saturated carbocycles. The van der Waals surface area contributed by atoms with Crippen molar-refractivity contribution in [3.05, 3.63) is 84.2 Å². The molecule has 1 fully saturated rings. The van der Waals surface area contributed by atoms with Crippen molar-refractivity contribution in [2.24, 2.45) is 0 Å². The number of rotatable bonds is 7. The van der Waals surface area contributed by atoms with Crippen LogP contribution in [0.4, 0.5) is 0 Å². The third kappa shape index (κ3) is 4.68. The Morgan fingerprint density at radius 2 is 1.68 bits per heavy atom. The average Bonchev–Trinajstić information content (AvgIpc) is 3.26. The molecule has 0 amide bonds. The standard InChI is InChI=1S/C23H28N4O/c28-16-11-23-19-25(14-15-26(23)18-20-5-2-1-3-6-20)17-21-7-9-22(10-8-21)27-13-4-12-24-27/h1-10,12-13,23,28H,11,14-19H2/t23-/m1/s1. The van der Waals surface area contributed by atoms with Crippen LogP contribution in [0.15, 0.2) is 73.1 Å². The lowest BCUT2D eigenvalue weighted by Crippen LogP contribution is -2.52. The first-order chi connectivity index (χ1) is 13.8. The first-order valence-corrected chi connectivity index (χ1v) is 10.0. The second-order valence-electron chi connectivity index (χ2n) is 7.47. The SMILES string of the molecule is OCC[C@@H]1CN(Cc2ccc(-n3cccn3)cc2)CCN1Cc1ccccc1. The average molecular weight is 377 g/mol. The van der Waals surface area contributed by atoms with E-state index in [0.717, 1.165) is 44.8 Å². The van der Waals surface area contributed by atoms with Gasteiger partial charge in [0.1, 0.15) is 0 Å². The molecule has 2 aromatic carbocycles. The van der Waals surface area contributed by atoms with Gasteiger partial charge in [-0.2, -0.15) is 5.10 Å². The van der Waals surface area contributed by atoms with Crippen LogP contribution in [0.1, 0.15) is 17.5 Å². The van der Waals surface area contributed by atoms with Crippen molar-refractivity contribution in [1.82, 2.24) is 19.6 Å². The second-order valence-corrected chi connectivity index (χ2v) is 7.47. The van der Waals surface area contributed by atoms with Gasteiger partial charge in [0, 0.05) is 57.8 Å². The van der Waals surface area contributed by atoms with E-state index in [1.165, 1.54) is 11.1 Å². The summed E-state index contributed by atoms with van der Waals surface area (Å²) >= 11 is 0. The van der Waals surface area contributed by atoms with Crippen molar-refractivity contribution in [2.45, 2.75) is 25.6 Å². The van der Waals surface area contributed by atoms with Crippen molar-refractivity contribution in [1.29, 1.82) is 0 Å². The van der Waals surface area contributed by atoms with Gasteiger partial charge >= 0.3 is 0 Å². The summed E-state index contributed by atoms with van der Waals surface area (Å²) < 4.78 is 1.88. The molecule has 1 aliphatic heterocycles. The summed E-state index contributed by atoms with van der Waals surface area (Å²) in [6.07, 6.45) is 4.58. The molecule has 0 aliphatic carbocycles. The highest BCUT2D eigenvalue weighted by Crippen LogP contribution is 2.19. The molecule has 0 unspecified atom stereocenters. The van der Waals surface area contributed by atoms with Gasteiger partial charge in [0.2, 0.25) is 0 Å². The molecule has 4 rings (SSSR count). The minimum Gasteiger partial charge on any atom is -0.396 e. The Bertz CT molecular complexity index is 833. The van der Waals surface area contributed by atoms with E-state index in [2.05, 4.69) is 69.5 Å². The zero-order valence-corrected chi connectivity index (χ0v) is 16.2. The van der Waals surface area contributed by atoms with Crippen molar-refractivity contribution in [2.75, 3.05) is 26.2 Å². The minimum atomic E-state index is 0.238. The molecule has 2 heterocycles. The third-order valence-electron chi connectivity index (χ3n) is 5.49. The molecule has 0 spiro atoms. The number of piperazine rings is 1. The second kappa shape index (κ2) is 9.15. The highest BCUT2D eigenvalue weighted by atomic mass is 16.3. The number of aliphatic hydroxyl groups excluding tert-OH is 1. The molecule has 28 heavy (non-hydrogen) atoms. The van der Waals surface area contributed by atoms with E-state index in [1.807, 2.05) is 16.9 Å². The van der Waals surface area contributed by atoms with Crippen LogP contribution in [0, 0.1) is 0 Å². The Labute approximate surface area is 166 Å². The van der Waals surface area contributed by atoms with E-state index in [-0.39, 0.29) is 6.61 Å². The Morgan fingerprint density at radius 3 is 2.39 bits per heavy atom. The van der Waals surface area contributed by atoms with Crippen LogP contribution in [-0.2, 0) is 13.1 Å². The predicted octanol–water partition coefficient (Wildman–Crippen LogP) is 2.94. The molecule has 1 aromatic heterocycles. The predicted molar refractivity (Wildman–Crippen MR) is 111 cm³/mol. The van der Waals surface area contributed by atoms with Gasteiger partial charge in [-0.25, -0.2) is 4.68 Å². The number of aromatic nitrogens is 2. The smallest absolute Gasteiger partial charge is 0.0645 e. The maximum absolute atomic E-state index is 9.55. The van der Waals surface area contributed by atoms with Crippen molar-refractivity contribution < 1.29 is 5.11 Å². The Balaban J connectivity index is 1.37. The van der Waals surface area contributed by atoms with E-state index < -0.39 is 0 Å². The highest BCUT2D eigenvalue weighted by molar-refractivity contribution is 5.33. The molecule has 146 valence electrons. The maximum atomic E-state index is 9.55. The zero-order valence-electron chi connectivity index (χ0n) is 16.2. The summed E-state index contributed by atoms with van der Waals surface area (Å²) in [5.41, 5.74) is 3.74. The quantitative estimate of drug-likeness (QED) is 0.689. The van der Waals surface area contributed by atoms with Crippen LogP contribution in [0.25, 0.3) is 5.69 Å². The Morgan fingerprint density at radius 1 is 0.893 bits per heavy atom. The lowest BCUT2D eigenvalue weighted by Gasteiger charge is -2.41. The fourth-order valence-electron chi connectivity index (χ4n) is 3.98. The summed E-state index contributed by atoms with van der Waals surface area (Å²) in [6, 6.07) is 21.6. The fraction of sp³-hybridized carbons (Fsp3) is 0.348. The largest absolute Gasteiger partial charge is 0.396 e. The van der Waals surface area contributed by atoms with Crippen LogP contribution in [0.2, 0.25) is 0 Å². The molecule has 5 heteroatoms. The zero-order chi connectivity index (χ0) is 19.2. The lowest BCUT2D eigenvalue weighted by atomic mass is 10.1. The van der Waals surface area contributed by atoms with Crippen molar-refractivity contribution in [3.8, 4) is 5.69 Å². The fourth-order valence-corrected chi connectivity index (χ4v) is 3.98. The van der Waals surface area contributed by atoms with Gasteiger partial charge in [0.25, 0.3) is 0 Å². The molecule has 0 bridgehead atoms. The molecule has 0 radical (unpaired) electrons. The molecular formula is C23H28N4O. The van der Waals surface area contributed by atoms with Crippen LogP contribution in [0.5, 0.6) is 0 Å². The summed E-state index contributed by atoms with van der Waals surface area (Å²) in [6.45, 7) is 5.22. The van der Waals surface area contributed by atoms with Gasteiger partial charge < -0.3 is 5.11 Å². The molecule has 3 aromatic rings. The molecule has 1 saturated heterocycles. The molecule has 1 aliphatic rings. The normalized spacial score (nSPS) is 18.4. The number of nitrogens with zero attached hydrogens (tertiary/aromatic N) is 4. The first kappa shape index (κ1) is 18.9. The van der Waals surface area contributed by atoms with Gasteiger partial charge in [0.05, 0.1) is 5.69 Å². The highest BCUT2D eigenvalue weighted by Gasteiger charge is 2.26. The maximum Gasteiger partial charge on any atom is 0.0645 e.